The first-order valence-electron chi connectivity index (χ1n) is 8.44. The number of aromatic nitrogens is 2. The Balaban J connectivity index is 2.06. The molecular weight excluding hydrogens is 284 g/mol. The SMILES string of the molecule is CCCCNc1c2c(c(C#N)c3nc4ccccc4n13)CCC2. The van der Waals surface area contributed by atoms with E-state index in [1.54, 1.807) is 0 Å². The van der Waals surface area contributed by atoms with E-state index in [4.69, 9.17) is 4.98 Å². The summed E-state index contributed by atoms with van der Waals surface area (Å²) in [6.45, 7) is 3.16. The molecule has 0 saturated heterocycles. The molecule has 0 aliphatic heterocycles. The monoisotopic (exact) mass is 304 g/mol. The summed E-state index contributed by atoms with van der Waals surface area (Å²) in [6.07, 6.45) is 5.46. The van der Waals surface area contributed by atoms with Gasteiger partial charge in [0.25, 0.3) is 0 Å². The van der Waals surface area contributed by atoms with Crippen LogP contribution in [-0.2, 0) is 12.8 Å². The predicted molar refractivity (Wildman–Crippen MR) is 92.8 cm³/mol. The molecule has 0 unspecified atom stereocenters. The molecule has 116 valence electrons. The van der Waals surface area contributed by atoms with Crippen LogP contribution < -0.4 is 5.32 Å². The summed E-state index contributed by atoms with van der Waals surface area (Å²) < 4.78 is 2.16. The van der Waals surface area contributed by atoms with E-state index in [0.717, 1.165) is 60.3 Å². The van der Waals surface area contributed by atoms with Gasteiger partial charge in [0.1, 0.15) is 11.9 Å². The third-order valence-electron chi connectivity index (χ3n) is 4.75. The Morgan fingerprint density at radius 2 is 2.09 bits per heavy atom. The van der Waals surface area contributed by atoms with Gasteiger partial charge >= 0.3 is 0 Å². The number of imidazole rings is 1. The van der Waals surface area contributed by atoms with E-state index in [0.29, 0.717) is 0 Å². The highest BCUT2D eigenvalue weighted by molar-refractivity contribution is 5.86. The Bertz CT molecular complexity index is 930. The van der Waals surface area contributed by atoms with Crippen LogP contribution in [0.5, 0.6) is 0 Å². The maximum Gasteiger partial charge on any atom is 0.157 e. The van der Waals surface area contributed by atoms with Gasteiger partial charge in [0.05, 0.1) is 16.6 Å². The van der Waals surface area contributed by atoms with Gasteiger partial charge in [-0.1, -0.05) is 25.5 Å². The molecule has 4 rings (SSSR count). The van der Waals surface area contributed by atoms with Gasteiger partial charge in [0.15, 0.2) is 5.65 Å². The molecule has 4 nitrogen and oxygen atoms in total. The highest BCUT2D eigenvalue weighted by Gasteiger charge is 2.25. The number of para-hydroxylation sites is 2. The molecule has 1 aromatic carbocycles. The zero-order chi connectivity index (χ0) is 15.8. The lowest BCUT2D eigenvalue weighted by Gasteiger charge is -2.16. The number of unbranched alkanes of at least 4 members (excludes halogenated alkanes) is 1. The average Bonchev–Trinajstić information content (AvgIpc) is 3.19. The van der Waals surface area contributed by atoms with Crippen molar-refractivity contribution >= 4 is 22.5 Å². The first-order valence-corrected chi connectivity index (χ1v) is 8.44. The molecule has 0 radical (unpaired) electrons. The van der Waals surface area contributed by atoms with E-state index in [9.17, 15) is 5.26 Å². The lowest BCUT2D eigenvalue weighted by atomic mass is 10.1. The van der Waals surface area contributed by atoms with Crippen molar-refractivity contribution in [1.29, 1.82) is 5.26 Å². The molecule has 1 N–H and O–H groups in total. The van der Waals surface area contributed by atoms with E-state index in [1.165, 1.54) is 17.5 Å². The van der Waals surface area contributed by atoms with Crippen LogP contribution in [0, 0.1) is 11.3 Å². The fraction of sp³-hybridized carbons (Fsp3) is 0.368. The predicted octanol–water partition coefficient (Wildman–Crippen LogP) is 4.06. The highest BCUT2D eigenvalue weighted by atomic mass is 15.1. The van der Waals surface area contributed by atoms with Crippen molar-refractivity contribution in [2.45, 2.75) is 39.0 Å². The second-order valence-electron chi connectivity index (χ2n) is 6.19. The molecule has 1 aliphatic carbocycles. The van der Waals surface area contributed by atoms with Gasteiger partial charge in [-0.3, -0.25) is 4.40 Å². The summed E-state index contributed by atoms with van der Waals surface area (Å²) in [6, 6.07) is 10.6. The summed E-state index contributed by atoms with van der Waals surface area (Å²) >= 11 is 0. The molecule has 23 heavy (non-hydrogen) atoms. The number of pyridine rings is 1. The molecule has 2 aromatic heterocycles. The Hall–Kier alpha value is -2.54. The molecule has 0 atom stereocenters. The molecular formula is C19H20N4. The van der Waals surface area contributed by atoms with Crippen LogP contribution in [0.15, 0.2) is 24.3 Å². The van der Waals surface area contributed by atoms with Gasteiger partial charge in [0.2, 0.25) is 0 Å². The zero-order valence-electron chi connectivity index (χ0n) is 13.4. The summed E-state index contributed by atoms with van der Waals surface area (Å²) in [5.74, 6) is 1.15. The fourth-order valence-corrected chi connectivity index (χ4v) is 3.66. The zero-order valence-corrected chi connectivity index (χ0v) is 13.4. The second kappa shape index (κ2) is 5.58. The minimum Gasteiger partial charge on any atom is -0.371 e. The number of hydrogen-bond acceptors (Lipinski definition) is 3. The van der Waals surface area contributed by atoms with Crippen LogP contribution in [0.1, 0.15) is 42.9 Å². The number of nitriles is 1. The summed E-state index contributed by atoms with van der Waals surface area (Å²) in [4.78, 5) is 4.75. The normalized spacial score (nSPS) is 13.4. The minimum atomic E-state index is 0.759. The quantitative estimate of drug-likeness (QED) is 0.739. The smallest absolute Gasteiger partial charge is 0.157 e. The largest absolute Gasteiger partial charge is 0.371 e. The Morgan fingerprint density at radius 3 is 2.91 bits per heavy atom. The first kappa shape index (κ1) is 14.1. The van der Waals surface area contributed by atoms with Gasteiger partial charge in [0, 0.05) is 6.54 Å². The molecule has 4 heteroatoms. The van der Waals surface area contributed by atoms with Crippen LogP contribution in [-0.4, -0.2) is 15.9 Å². The number of nitrogens with zero attached hydrogens (tertiary/aromatic N) is 3. The van der Waals surface area contributed by atoms with E-state index >= 15 is 0 Å². The number of fused-ring (bicyclic) bond motifs is 4. The summed E-state index contributed by atoms with van der Waals surface area (Å²) in [5.41, 5.74) is 6.10. The molecule has 1 aliphatic rings. The van der Waals surface area contributed by atoms with Crippen LogP contribution in [0.3, 0.4) is 0 Å². The lowest BCUT2D eigenvalue weighted by Crippen LogP contribution is -2.10. The number of anilines is 1. The van der Waals surface area contributed by atoms with Crippen molar-refractivity contribution in [2.24, 2.45) is 0 Å². The number of hydrogen-bond donors (Lipinski definition) is 1. The van der Waals surface area contributed by atoms with Crippen LogP contribution in [0.2, 0.25) is 0 Å². The minimum absolute atomic E-state index is 0.759. The first-order chi connectivity index (χ1) is 11.3. The van der Waals surface area contributed by atoms with E-state index in [2.05, 4.69) is 28.8 Å². The van der Waals surface area contributed by atoms with Crippen molar-refractivity contribution in [3.8, 4) is 6.07 Å². The van der Waals surface area contributed by atoms with Gasteiger partial charge < -0.3 is 5.32 Å². The van der Waals surface area contributed by atoms with Gasteiger partial charge in [-0.2, -0.15) is 5.26 Å². The topological polar surface area (TPSA) is 53.1 Å². The molecule has 0 amide bonds. The van der Waals surface area contributed by atoms with Crippen molar-refractivity contribution in [3.63, 3.8) is 0 Å². The maximum absolute atomic E-state index is 9.71. The van der Waals surface area contributed by atoms with E-state index in [-0.39, 0.29) is 0 Å². The Morgan fingerprint density at radius 1 is 1.26 bits per heavy atom. The summed E-state index contributed by atoms with van der Waals surface area (Å²) in [5, 5.41) is 13.3. The highest BCUT2D eigenvalue weighted by Crippen LogP contribution is 2.36. The number of rotatable bonds is 4. The van der Waals surface area contributed by atoms with Gasteiger partial charge in [-0.05, 0) is 48.9 Å². The maximum atomic E-state index is 9.71. The molecule has 3 aromatic rings. The molecule has 0 spiro atoms. The standard InChI is InChI=1S/C19H20N4/c1-2-3-11-21-18-14-8-6-7-13(14)15(12-20)19-22-16-9-4-5-10-17(16)23(18)19/h4-5,9-10,21H,2-3,6-8,11H2,1H3. The molecule has 0 saturated carbocycles. The van der Waals surface area contributed by atoms with E-state index in [1.807, 2.05) is 18.2 Å². The van der Waals surface area contributed by atoms with Gasteiger partial charge in [-0.15, -0.1) is 0 Å². The Kier molecular flexibility index (Phi) is 3.42. The molecule has 0 bridgehead atoms. The van der Waals surface area contributed by atoms with Crippen LogP contribution in [0.4, 0.5) is 5.82 Å². The molecule has 0 fully saturated rings. The van der Waals surface area contributed by atoms with Crippen LogP contribution in [0.25, 0.3) is 16.7 Å². The lowest BCUT2D eigenvalue weighted by molar-refractivity contribution is 0.827. The van der Waals surface area contributed by atoms with Crippen LogP contribution >= 0.6 is 0 Å². The second-order valence-corrected chi connectivity index (χ2v) is 6.19. The van der Waals surface area contributed by atoms with Gasteiger partial charge in [-0.25, -0.2) is 4.98 Å². The fourth-order valence-electron chi connectivity index (χ4n) is 3.66. The van der Waals surface area contributed by atoms with Crippen molar-refractivity contribution in [3.05, 3.63) is 41.0 Å². The number of benzene rings is 1. The third kappa shape index (κ3) is 2.08. The molecule has 2 heterocycles. The summed E-state index contributed by atoms with van der Waals surface area (Å²) in [7, 11) is 0. The Labute approximate surface area is 135 Å². The number of nitrogens with one attached hydrogen (secondary N) is 1. The third-order valence-corrected chi connectivity index (χ3v) is 4.75. The average molecular weight is 304 g/mol. The van der Waals surface area contributed by atoms with Crippen molar-refractivity contribution in [2.75, 3.05) is 11.9 Å². The van der Waals surface area contributed by atoms with Crippen molar-refractivity contribution < 1.29 is 0 Å². The van der Waals surface area contributed by atoms with Crippen molar-refractivity contribution in [1.82, 2.24) is 9.38 Å². The van der Waals surface area contributed by atoms with E-state index < -0.39 is 0 Å².